The third-order valence-corrected chi connectivity index (χ3v) is 7.34. The van der Waals surface area contributed by atoms with E-state index in [4.69, 9.17) is 5.73 Å². The van der Waals surface area contributed by atoms with E-state index in [-0.39, 0.29) is 5.41 Å². The standard InChI is InChI=1S/C18H21N3OS/c1-21-5-4-18-9-14-16(23-17(19)20-14)8-13(18)15(21)6-10-2-3-11(22)7-12(10)18/h2-3,7,13,15,22H,4-6,8-9H2,1H3,(H2,19,20)/t13-,15?,18+/m0/s1. The minimum absolute atomic E-state index is 0.122. The van der Waals surface area contributed by atoms with Crippen molar-refractivity contribution in [3.05, 3.63) is 39.9 Å². The topological polar surface area (TPSA) is 62.4 Å². The van der Waals surface area contributed by atoms with Crippen molar-refractivity contribution in [3.63, 3.8) is 0 Å². The number of anilines is 1. The molecule has 0 spiro atoms. The lowest BCUT2D eigenvalue weighted by Gasteiger charge is -2.57. The van der Waals surface area contributed by atoms with E-state index < -0.39 is 0 Å². The lowest BCUT2D eigenvalue weighted by Crippen LogP contribution is -2.61. The van der Waals surface area contributed by atoms with Gasteiger partial charge in [0.25, 0.3) is 0 Å². The zero-order valence-corrected chi connectivity index (χ0v) is 14.1. The van der Waals surface area contributed by atoms with E-state index in [0.29, 0.717) is 22.8 Å². The number of phenols is 1. The van der Waals surface area contributed by atoms with Crippen molar-refractivity contribution in [1.29, 1.82) is 0 Å². The number of fused-ring (bicyclic) bond motifs is 2. The molecule has 5 heteroatoms. The van der Waals surface area contributed by atoms with Crippen LogP contribution < -0.4 is 5.73 Å². The molecule has 3 atom stereocenters. The summed E-state index contributed by atoms with van der Waals surface area (Å²) < 4.78 is 0. The van der Waals surface area contributed by atoms with E-state index in [1.807, 2.05) is 12.1 Å². The first-order valence-electron chi connectivity index (χ1n) is 8.33. The molecule has 1 saturated heterocycles. The second-order valence-electron chi connectivity index (χ2n) is 7.41. The van der Waals surface area contributed by atoms with Crippen LogP contribution in [-0.4, -0.2) is 34.6 Å². The van der Waals surface area contributed by atoms with Gasteiger partial charge in [0.05, 0.1) is 5.69 Å². The number of rotatable bonds is 0. The SMILES string of the molecule is CN1CC[C@]23Cc4nc(N)sc4C[C@H]2C1Cc1ccc(O)cc13. The van der Waals surface area contributed by atoms with Gasteiger partial charge in [0.15, 0.2) is 5.13 Å². The van der Waals surface area contributed by atoms with Crippen LogP contribution in [0.2, 0.25) is 0 Å². The molecule has 0 radical (unpaired) electrons. The molecule has 23 heavy (non-hydrogen) atoms. The molecule has 2 bridgehead atoms. The van der Waals surface area contributed by atoms with E-state index in [1.54, 1.807) is 11.3 Å². The van der Waals surface area contributed by atoms with E-state index in [2.05, 4.69) is 23.0 Å². The highest BCUT2D eigenvalue weighted by Gasteiger charge is 2.55. The first-order valence-corrected chi connectivity index (χ1v) is 9.15. The van der Waals surface area contributed by atoms with Crippen molar-refractivity contribution in [2.24, 2.45) is 5.92 Å². The fourth-order valence-electron chi connectivity index (χ4n) is 5.31. The van der Waals surface area contributed by atoms with Crippen LogP contribution in [0, 0.1) is 5.92 Å². The first-order chi connectivity index (χ1) is 11.1. The van der Waals surface area contributed by atoms with Gasteiger partial charge < -0.3 is 15.7 Å². The lowest BCUT2D eigenvalue weighted by atomic mass is 9.53. The Bertz CT molecular complexity index is 802. The van der Waals surface area contributed by atoms with Crippen LogP contribution in [0.5, 0.6) is 5.75 Å². The number of nitrogen functional groups attached to an aromatic ring is 1. The van der Waals surface area contributed by atoms with Crippen molar-refractivity contribution in [3.8, 4) is 5.75 Å². The maximum absolute atomic E-state index is 10.1. The van der Waals surface area contributed by atoms with Gasteiger partial charge in [0.2, 0.25) is 0 Å². The number of nitrogens with two attached hydrogens (primary N) is 1. The van der Waals surface area contributed by atoms with Crippen LogP contribution in [-0.2, 0) is 24.7 Å². The Morgan fingerprint density at radius 1 is 1.39 bits per heavy atom. The molecule has 2 aromatic rings. The molecule has 1 unspecified atom stereocenters. The number of aromatic nitrogens is 1. The van der Waals surface area contributed by atoms with Crippen molar-refractivity contribution >= 4 is 16.5 Å². The van der Waals surface area contributed by atoms with E-state index in [9.17, 15) is 5.11 Å². The average molecular weight is 327 g/mol. The molecule has 1 aromatic carbocycles. The Morgan fingerprint density at radius 2 is 2.26 bits per heavy atom. The maximum atomic E-state index is 10.1. The normalized spacial score (nSPS) is 32.0. The molecule has 1 aliphatic heterocycles. The Morgan fingerprint density at radius 3 is 3.13 bits per heavy atom. The number of hydrogen-bond acceptors (Lipinski definition) is 5. The number of nitrogens with zero attached hydrogens (tertiary/aromatic N) is 2. The maximum Gasteiger partial charge on any atom is 0.180 e. The molecular weight excluding hydrogens is 306 g/mol. The third-order valence-electron chi connectivity index (χ3n) is 6.39. The predicted octanol–water partition coefficient (Wildman–Crippen LogP) is 2.34. The second-order valence-corrected chi connectivity index (χ2v) is 8.52. The van der Waals surface area contributed by atoms with Gasteiger partial charge in [-0.15, -0.1) is 11.3 Å². The van der Waals surface area contributed by atoms with Crippen LogP contribution in [0.3, 0.4) is 0 Å². The summed E-state index contributed by atoms with van der Waals surface area (Å²) in [6.45, 7) is 1.12. The fraction of sp³-hybridized carbons (Fsp3) is 0.500. The van der Waals surface area contributed by atoms with Gasteiger partial charge in [-0.25, -0.2) is 4.98 Å². The smallest absolute Gasteiger partial charge is 0.180 e. The molecule has 120 valence electrons. The molecule has 0 amide bonds. The van der Waals surface area contributed by atoms with Gasteiger partial charge in [-0.2, -0.15) is 0 Å². The summed E-state index contributed by atoms with van der Waals surface area (Å²) in [5.74, 6) is 0.987. The summed E-state index contributed by atoms with van der Waals surface area (Å²) in [7, 11) is 2.26. The summed E-state index contributed by atoms with van der Waals surface area (Å²) in [5.41, 5.74) is 10.1. The van der Waals surface area contributed by atoms with Crippen molar-refractivity contribution in [2.45, 2.75) is 37.1 Å². The summed E-state index contributed by atoms with van der Waals surface area (Å²) in [5, 5.41) is 10.8. The van der Waals surface area contributed by atoms with Gasteiger partial charge in [0, 0.05) is 22.8 Å². The van der Waals surface area contributed by atoms with Crippen molar-refractivity contribution < 1.29 is 5.11 Å². The number of thiazole rings is 1. The number of piperidine rings is 1. The molecule has 5 rings (SSSR count). The van der Waals surface area contributed by atoms with Gasteiger partial charge in [-0.1, -0.05) is 6.07 Å². The summed E-state index contributed by atoms with van der Waals surface area (Å²) in [4.78, 5) is 8.54. The molecule has 4 nitrogen and oxygen atoms in total. The summed E-state index contributed by atoms with van der Waals surface area (Å²) >= 11 is 1.67. The van der Waals surface area contributed by atoms with Gasteiger partial charge in [0.1, 0.15) is 5.75 Å². The Kier molecular flexibility index (Phi) is 2.69. The quantitative estimate of drug-likeness (QED) is 0.780. The van der Waals surface area contributed by atoms with Crippen molar-refractivity contribution in [1.82, 2.24) is 9.88 Å². The Labute approximate surface area is 140 Å². The van der Waals surface area contributed by atoms with Gasteiger partial charge in [-0.05, 0) is 62.0 Å². The van der Waals surface area contributed by atoms with E-state index in [1.165, 1.54) is 21.7 Å². The number of likely N-dealkylation sites (tertiary alicyclic amines) is 1. The van der Waals surface area contributed by atoms with Gasteiger partial charge in [-0.3, -0.25) is 0 Å². The number of aromatic hydroxyl groups is 1. The van der Waals surface area contributed by atoms with Crippen LogP contribution in [0.15, 0.2) is 18.2 Å². The lowest BCUT2D eigenvalue weighted by molar-refractivity contribution is 0.0243. The highest BCUT2D eigenvalue weighted by Crippen LogP contribution is 2.55. The van der Waals surface area contributed by atoms with Crippen LogP contribution >= 0.6 is 11.3 Å². The molecule has 3 aliphatic rings. The van der Waals surface area contributed by atoms with Crippen LogP contribution in [0.4, 0.5) is 5.13 Å². The number of benzene rings is 1. The molecular formula is C18H21N3OS. The highest BCUT2D eigenvalue weighted by atomic mass is 32.1. The minimum Gasteiger partial charge on any atom is -0.508 e. The average Bonchev–Trinajstić information content (AvgIpc) is 2.88. The molecule has 1 aromatic heterocycles. The first kappa shape index (κ1) is 13.8. The van der Waals surface area contributed by atoms with Crippen LogP contribution in [0.1, 0.15) is 28.1 Å². The molecule has 3 N–H and O–H groups in total. The molecule has 2 heterocycles. The number of hydrogen-bond donors (Lipinski definition) is 2. The van der Waals surface area contributed by atoms with Crippen molar-refractivity contribution in [2.75, 3.05) is 19.3 Å². The van der Waals surface area contributed by atoms with E-state index >= 15 is 0 Å². The van der Waals surface area contributed by atoms with Crippen LogP contribution in [0.25, 0.3) is 0 Å². The van der Waals surface area contributed by atoms with E-state index in [0.717, 1.165) is 32.2 Å². The Balaban J connectivity index is 1.74. The molecule has 2 aliphatic carbocycles. The Hall–Kier alpha value is -1.59. The predicted molar refractivity (Wildman–Crippen MR) is 91.9 cm³/mol. The largest absolute Gasteiger partial charge is 0.508 e. The molecule has 1 fully saturated rings. The zero-order valence-electron chi connectivity index (χ0n) is 13.2. The third kappa shape index (κ3) is 1.78. The molecule has 0 saturated carbocycles. The summed E-state index contributed by atoms with van der Waals surface area (Å²) in [6.07, 6.45) is 4.27. The fourth-order valence-corrected chi connectivity index (χ4v) is 6.22. The second kappa shape index (κ2) is 4.48. The zero-order chi connectivity index (χ0) is 15.8. The highest BCUT2D eigenvalue weighted by molar-refractivity contribution is 7.15. The monoisotopic (exact) mass is 327 g/mol. The number of likely N-dealkylation sites (N-methyl/N-ethyl adjacent to an activating group) is 1. The summed E-state index contributed by atoms with van der Waals surface area (Å²) in [6, 6.07) is 6.56. The van der Waals surface area contributed by atoms with Gasteiger partial charge >= 0.3 is 0 Å². The number of phenolic OH excluding ortho intramolecular Hbond substituents is 1. The minimum atomic E-state index is 0.122.